The zero-order valence-corrected chi connectivity index (χ0v) is 11.2. The lowest BCUT2D eigenvalue weighted by Crippen LogP contribution is -2.50. The van der Waals surface area contributed by atoms with E-state index in [0.717, 1.165) is 31.6 Å². The topological polar surface area (TPSA) is 21.7 Å². The quantitative estimate of drug-likeness (QED) is 0.594. The summed E-state index contributed by atoms with van der Waals surface area (Å²) in [7, 11) is 0. The van der Waals surface area contributed by atoms with Crippen LogP contribution in [0.2, 0.25) is 0 Å². The summed E-state index contributed by atoms with van der Waals surface area (Å²) in [6.45, 7) is 14.6. The second kappa shape index (κ2) is 7.25. The molecule has 1 rings (SSSR count). The Hall–Kier alpha value is -0.120. The van der Waals surface area contributed by atoms with E-state index in [0.29, 0.717) is 12.7 Å². The van der Waals surface area contributed by atoms with Gasteiger partial charge in [-0.2, -0.15) is 0 Å². The summed E-state index contributed by atoms with van der Waals surface area (Å²) in [5.74, 6) is 1.74. The minimum absolute atomic E-state index is 0.311. The molecule has 0 amide bonds. The molecule has 0 aromatic heterocycles. The molecule has 0 N–H and O–H groups in total. The van der Waals surface area contributed by atoms with Crippen LogP contribution in [0.4, 0.5) is 0 Å². The van der Waals surface area contributed by atoms with Crippen molar-refractivity contribution in [1.29, 1.82) is 0 Å². The third-order valence-corrected chi connectivity index (χ3v) is 3.16. The second-order valence-corrected chi connectivity index (χ2v) is 5.30. The van der Waals surface area contributed by atoms with E-state index in [9.17, 15) is 0 Å². The average Bonchev–Trinajstić information content (AvgIpc) is 2.12. The fraction of sp³-hybridized carbons (Fsp3) is 1.00. The number of nitrogens with zero attached hydrogens (tertiary/aromatic N) is 1. The Labute approximate surface area is 100 Å². The lowest BCUT2D eigenvalue weighted by molar-refractivity contribution is -0.00254. The number of likely N-dealkylation sites (tertiary alicyclic amines) is 1. The van der Waals surface area contributed by atoms with Gasteiger partial charge in [-0.15, -0.1) is 0 Å². The largest absolute Gasteiger partial charge is 0.378 e. The van der Waals surface area contributed by atoms with E-state index in [2.05, 4.69) is 18.7 Å². The highest BCUT2D eigenvalue weighted by atomic mass is 16.5. The molecule has 1 fully saturated rings. The van der Waals surface area contributed by atoms with Crippen LogP contribution in [0.25, 0.3) is 0 Å². The average molecular weight is 229 g/mol. The van der Waals surface area contributed by atoms with Crippen LogP contribution in [-0.2, 0) is 9.47 Å². The minimum atomic E-state index is 0.311. The molecule has 0 bridgehead atoms. The van der Waals surface area contributed by atoms with Gasteiger partial charge in [0.15, 0.2) is 0 Å². The van der Waals surface area contributed by atoms with Crippen LogP contribution < -0.4 is 0 Å². The second-order valence-electron chi connectivity index (χ2n) is 5.30. The van der Waals surface area contributed by atoms with Crippen LogP contribution in [0.15, 0.2) is 0 Å². The van der Waals surface area contributed by atoms with Gasteiger partial charge >= 0.3 is 0 Å². The van der Waals surface area contributed by atoms with Crippen LogP contribution in [-0.4, -0.2) is 50.5 Å². The highest BCUT2D eigenvalue weighted by Gasteiger charge is 2.28. The van der Waals surface area contributed by atoms with Gasteiger partial charge in [0.1, 0.15) is 0 Å². The van der Waals surface area contributed by atoms with E-state index in [1.807, 2.05) is 13.8 Å². The molecule has 0 aromatic rings. The van der Waals surface area contributed by atoms with Crippen LogP contribution in [0, 0.1) is 11.8 Å². The molecule has 1 saturated heterocycles. The van der Waals surface area contributed by atoms with Gasteiger partial charge in [-0.05, 0) is 25.7 Å². The van der Waals surface area contributed by atoms with Gasteiger partial charge in [0, 0.05) is 19.6 Å². The summed E-state index contributed by atoms with van der Waals surface area (Å²) in [5.41, 5.74) is 0. The Balaban J connectivity index is 1.83. The molecule has 0 atom stereocenters. The molecule has 0 aliphatic carbocycles. The molecule has 3 heteroatoms. The highest BCUT2D eigenvalue weighted by molar-refractivity contribution is 4.81. The Bertz CT molecular complexity index is 177. The Morgan fingerprint density at radius 2 is 1.75 bits per heavy atom. The number of hydrogen-bond acceptors (Lipinski definition) is 3. The van der Waals surface area contributed by atoms with E-state index < -0.39 is 0 Å². The van der Waals surface area contributed by atoms with Gasteiger partial charge in [0.05, 0.1) is 25.9 Å². The molecule has 1 aliphatic rings. The smallest absolute Gasteiger partial charge is 0.0703 e. The van der Waals surface area contributed by atoms with Gasteiger partial charge in [0.25, 0.3) is 0 Å². The molecule has 3 nitrogen and oxygen atoms in total. The first kappa shape index (κ1) is 13.9. The normalized spacial score (nSPS) is 18.4. The zero-order chi connectivity index (χ0) is 12.0. The van der Waals surface area contributed by atoms with Crippen molar-refractivity contribution in [3.05, 3.63) is 0 Å². The lowest BCUT2D eigenvalue weighted by atomic mass is 9.88. The molecular formula is C13H27NO2. The van der Waals surface area contributed by atoms with Crippen molar-refractivity contribution in [2.45, 2.75) is 33.8 Å². The summed E-state index contributed by atoms with van der Waals surface area (Å²) >= 11 is 0. The van der Waals surface area contributed by atoms with E-state index in [4.69, 9.17) is 9.47 Å². The summed E-state index contributed by atoms with van der Waals surface area (Å²) in [6, 6.07) is 0. The van der Waals surface area contributed by atoms with E-state index in [-0.39, 0.29) is 0 Å². The van der Waals surface area contributed by atoms with Gasteiger partial charge < -0.3 is 14.4 Å². The standard InChI is InChI=1S/C13H27NO2/c1-11(2)13-9-14(10-13)5-6-15-7-8-16-12(3)4/h11-13H,5-10H2,1-4H3. The van der Waals surface area contributed by atoms with Gasteiger partial charge in [-0.3, -0.25) is 0 Å². The van der Waals surface area contributed by atoms with Crippen molar-refractivity contribution < 1.29 is 9.47 Å². The van der Waals surface area contributed by atoms with Crippen molar-refractivity contribution in [3.63, 3.8) is 0 Å². The van der Waals surface area contributed by atoms with Gasteiger partial charge in [-0.1, -0.05) is 13.8 Å². The minimum Gasteiger partial charge on any atom is -0.378 e. The molecule has 16 heavy (non-hydrogen) atoms. The third-order valence-electron chi connectivity index (χ3n) is 3.16. The molecular weight excluding hydrogens is 202 g/mol. The number of hydrogen-bond donors (Lipinski definition) is 0. The molecule has 96 valence electrons. The van der Waals surface area contributed by atoms with Crippen molar-refractivity contribution in [3.8, 4) is 0 Å². The van der Waals surface area contributed by atoms with Crippen LogP contribution in [0.1, 0.15) is 27.7 Å². The predicted octanol–water partition coefficient (Wildman–Crippen LogP) is 2.02. The molecule has 0 spiro atoms. The summed E-state index contributed by atoms with van der Waals surface area (Å²) in [6.07, 6.45) is 0.311. The first-order valence-electron chi connectivity index (χ1n) is 6.51. The molecule has 0 aromatic carbocycles. The Morgan fingerprint density at radius 3 is 2.31 bits per heavy atom. The fourth-order valence-corrected chi connectivity index (χ4v) is 1.85. The van der Waals surface area contributed by atoms with E-state index in [1.54, 1.807) is 0 Å². The van der Waals surface area contributed by atoms with Crippen molar-refractivity contribution >= 4 is 0 Å². The number of rotatable bonds is 8. The summed E-state index contributed by atoms with van der Waals surface area (Å²) in [4.78, 5) is 2.47. The first-order valence-corrected chi connectivity index (χ1v) is 6.51. The molecule has 1 aliphatic heterocycles. The molecule has 0 saturated carbocycles. The maximum absolute atomic E-state index is 5.52. The van der Waals surface area contributed by atoms with E-state index >= 15 is 0 Å². The number of ether oxygens (including phenoxy) is 2. The van der Waals surface area contributed by atoms with Gasteiger partial charge in [-0.25, -0.2) is 0 Å². The van der Waals surface area contributed by atoms with Crippen LogP contribution >= 0.6 is 0 Å². The Morgan fingerprint density at radius 1 is 1.06 bits per heavy atom. The third kappa shape index (κ3) is 5.28. The molecule has 0 unspecified atom stereocenters. The van der Waals surface area contributed by atoms with Gasteiger partial charge in [0.2, 0.25) is 0 Å². The maximum Gasteiger partial charge on any atom is 0.0703 e. The monoisotopic (exact) mass is 229 g/mol. The predicted molar refractivity (Wildman–Crippen MR) is 66.7 cm³/mol. The highest BCUT2D eigenvalue weighted by Crippen LogP contribution is 2.22. The maximum atomic E-state index is 5.52. The molecule has 1 heterocycles. The SMILES string of the molecule is CC(C)OCCOCCN1CC(C(C)C)C1. The summed E-state index contributed by atoms with van der Waals surface area (Å²) in [5, 5.41) is 0. The fourth-order valence-electron chi connectivity index (χ4n) is 1.85. The van der Waals surface area contributed by atoms with Crippen molar-refractivity contribution in [1.82, 2.24) is 4.90 Å². The van der Waals surface area contributed by atoms with Crippen molar-refractivity contribution in [2.24, 2.45) is 11.8 Å². The Kier molecular flexibility index (Phi) is 6.32. The lowest BCUT2D eigenvalue weighted by Gasteiger charge is -2.41. The molecule has 0 radical (unpaired) electrons. The summed E-state index contributed by atoms with van der Waals surface area (Å²) < 4.78 is 10.9. The van der Waals surface area contributed by atoms with Crippen LogP contribution in [0.5, 0.6) is 0 Å². The first-order chi connectivity index (χ1) is 7.59. The van der Waals surface area contributed by atoms with Crippen molar-refractivity contribution in [2.75, 3.05) is 39.5 Å². The van der Waals surface area contributed by atoms with Crippen LogP contribution in [0.3, 0.4) is 0 Å². The van der Waals surface area contributed by atoms with E-state index in [1.165, 1.54) is 13.1 Å². The zero-order valence-electron chi connectivity index (χ0n) is 11.2.